The van der Waals surface area contributed by atoms with Gasteiger partial charge in [-0.1, -0.05) is 46.3 Å². The maximum atomic E-state index is 13.8. The van der Waals surface area contributed by atoms with E-state index in [9.17, 15) is 16.8 Å². The van der Waals surface area contributed by atoms with Crippen LogP contribution in [-0.4, -0.2) is 54.4 Å². The smallest absolute Gasteiger partial charge is 0.261 e. The van der Waals surface area contributed by atoms with Gasteiger partial charge in [0.1, 0.15) is 11.5 Å². The van der Waals surface area contributed by atoms with Crippen LogP contribution < -0.4 is 19.7 Å². The summed E-state index contributed by atoms with van der Waals surface area (Å²) >= 11 is 3.47. The topological polar surface area (TPSA) is 108 Å². The second kappa shape index (κ2) is 13.6. The van der Waals surface area contributed by atoms with Crippen LogP contribution in [0.1, 0.15) is 26.2 Å². The third-order valence-corrected chi connectivity index (χ3v) is 12.7. The Hall–Kier alpha value is -3.84. The van der Waals surface area contributed by atoms with Gasteiger partial charge in [-0.15, -0.1) is 0 Å². The fraction of sp³-hybridized carbons (Fsp3) is 0.278. The highest BCUT2D eigenvalue weighted by molar-refractivity contribution is 9.10. The Morgan fingerprint density at radius 1 is 0.812 bits per heavy atom. The number of hydrogen-bond acceptors (Lipinski definition) is 7. The molecule has 3 atom stereocenters. The van der Waals surface area contributed by atoms with Crippen molar-refractivity contribution in [1.82, 2.24) is 9.62 Å². The molecule has 48 heavy (non-hydrogen) atoms. The average Bonchev–Trinajstić information content (AvgIpc) is 3.44. The first kappa shape index (κ1) is 34.0. The number of anilines is 2. The SMILES string of the molecule is CC1=CC2CC(N(C)S(=O)(=O)c3cc(Br)cc(Oc4ccc(-c5cccc(S(=O)(=O)Nc6ccc(N(C)C)cc6)c5)cc4)c3)CCC2N1. The van der Waals surface area contributed by atoms with E-state index in [2.05, 4.69) is 39.0 Å². The summed E-state index contributed by atoms with van der Waals surface area (Å²) < 4.78 is 64.7. The molecule has 0 saturated heterocycles. The molecule has 3 unspecified atom stereocenters. The van der Waals surface area contributed by atoms with Gasteiger partial charge >= 0.3 is 0 Å². The lowest BCUT2D eigenvalue weighted by Crippen LogP contribution is -2.44. The quantitative estimate of drug-likeness (QED) is 0.174. The predicted molar refractivity (Wildman–Crippen MR) is 194 cm³/mol. The summed E-state index contributed by atoms with van der Waals surface area (Å²) in [5.74, 6) is 1.22. The molecule has 0 aromatic heterocycles. The van der Waals surface area contributed by atoms with E-state index < -0.39 is 20.0 Å². The van der Waals surface area contributed by atoms with Crippen LogP contribution in [0, 0.1) is 5.92 Å². The van der Waals surface area contributed by atoms with Gasteiger partial charge in [0.2, 0.25) is 10.0 Å². The monoisotopic (exact) mass is 750 g/mol. The maximum Gasteiger partial charge on any atom is 0.261 e. The van der Waals surface area contributed by atoms with E-state index in [1.807, 2.05) is 49.3 Å². The summed E-state index contributed by atoms with van der Waals surface area (Å²) in [6.45, 7) is 2.06. The number of hydrogen-bond donors (Lipinski definition) is 2. The minimum absolute atomic E-state index is 0.0880. The van der Waals surface area contributed by atoms with Crippen LogP contribution in [0.4, 0.5) is 11.4 Å². The molecular weight excluding hydrogens is 712 g/mol. The third kappa shape index (κ3) is 7.41. The van der Waals surface area contributed by atoms with Crippen molar-refractivity contribution in [1.29, 1.82) is 0 Å². The zero-order valence-electron chi connectivity index (χ0n) is 27.2. The van der Waals surface area contributed by atoms with Crippen LogP contribution >= 0.6 is 15.9 Å². The van der Waals surface area contributed by atoms with Crippen LogP contribution in [0.25, 0.3) is 11.1 Å². The number of rotatable bonds is 10. The van der Waals surface area contributed by atoms with Gasteiger partial charge < -0.3 is 15.0 Å². The van der Waals surface area contributed by atoms with Crippen LogP contribution in [0.5, 0.6) is 11.5 Å². The molecule has 1 saturated carbocycles. The number of nitrogens with zero attached hydrogens (tertiary/aromatic N) is 2. The summed E-state index contributed by atoms with van der Waals surface area (Å²) in [6, 6.07) is 26.3. The highest BCUT2D eigenvalue weighted by Crippen LogP contribution is 2.37. The lowest BCUT2D eigenvalue weighted by molar-refractivity contribution is 0.227. The Morgan fingerprint density at radius 3 is 2.25 bits per heavy atom. The number of sulfonamides is 2. The highest BCUT2D eigenvalue weighted by Gasteiger charge is 2.38. The maximum absolute atomic E-state index is 13.8. The Balaban J connectivity index is 1.15. The molecule has 1 fully saturated rings. The zero-order chi connectivity index (χ0) is 34.2. The molecule has 0 amide bonds. The van der Waals surface area contributed by atoms with Crippen molar-refractivity contribution >= 4 is 47.4 Å². The van der Waals surface area contributed by atoms with E-state index in [0.29, 0.717) is 33.6 Å². The van der Waals surface area contributed by atoms with E-state index in [1.54, 1.807) is 67.7 Å². The molecule has 1 aliphatic heterocycles. The molecule has 0 radical (unpaired) electrons. The van der Waals surface area contributed by atoms with Crippen LogP contribution in [-0.2, 0) is 20.0 Å². The van der Waals surface area contributed by atoms with Crippen molar-refractivity contribution < 1.29 is 21.6 Å². The first-order chi connectivity index (χ1) is 22.8. The standard InChI is InChI=1S/C36H39BrN4O5S2/c1-24-18-27-19-31(14-17-36(27)38-24)41(4)48(44,45)35-22-28(37)21-33(23-35)46-32-15-8-25(9-16-32)26-6-5-7-34(20-26)47(42,43)39-29-10-12-30(13-11-29)40(2)3/h5-13,15-16,18,20-23,27,31,36,38-39H,14,17,19H2,1-4H3. The average molecular weight is 752 g/mol. The van der Waals surface area contributed by atoms with Crippen LogP contribution in [0.15, 0.2) is 117 Å². The number of benzene rings is 4. The van der Waals surface area contributed by atoms with Gasteiger partial charge in [-0.2, -0.15) is 4.31 Å². The number of halogens is 1. The number of ether oxygens (including phenoxy) is 1. The molecule has 0 bridgehead atoms. The van der Waals surface area contributed by atoms with Gasteiger partial charge in [-0.25, -0.2) is 16.8 Å². The predicted octanol–water partition coefficient (Wildman–Crippen LogP) is 7.44. The third-order valence-electron chi connectivity index (χ3n) is 8.99. The molecule has 9 nitrogen and oxygen atoms in total. The van der Waals surface area contributed by atoms with Crippen molar-refractivity contribution in [2.24, 2.45) is 5.92 Å². The van der Waals surface area contributed by atoms with E-state index in [0.717, 1.165) is 41.8 Å². The first-order valence-electron chi connectivity index (χ1n) is 15.7. The molecule has 6 rings (SSSR count). The second-order valence-electron chi connectivity index (χ2n) is 12.6. The van der Waals surface area contributed by atoms with E-state index >= 15 is 0 Å². The Bertz CT molecular complexity index is 2050. The number of nitrogens with one attached hydrogen (secondary N) is 2. The van der Waals surface area contributed by atoms with Crippen LogP contribution in [0.3, 0.4) is 0 Å². The van der Waals surface area contributed by atoms with Gasteiger partial charge in [0.25, 0.3) is 10.0 Å². The van der Waals surface area contributed by atoms with E-state index in [-0.39, 0.29) is 15.8 Å². The fourth-order valence-corrected chi connectivity index (χ4v) is 9.57. The highest BCUT2D eigenvalue weighted by atomic mass is 79.9. The molecule has 252 valence electrons. The van der Waals surface area contributed by atoms with E-state index in [4.69, 9.17) is 4.74 Å². The van der Waals surface area contributed by atoms with Crippen molar-refractivity contribution in [3.63, 3.8) is 0 Å². The summed E-state index contributed by atoms with van der Waals surface area (Å²) in [6.07, 6.45) is 4.72. The molecule has 1 heterocycles. The van der Waals surface area contributed by atoms with Crippen molar-refractivity contribution in [3.05, 3.63) is 107 Å². The Labute approximate surface area is 291 Å². The molecular formula is C36H39BrN4O5S2. The van der Waals surface area contributed by atoms with Crippen molar-refractivity contribution in [2.45, 2.75) is 48.1 Å². The molecule has 0 spiro atoms. The van der Waals surface area contributed by atoms with Crippen molar-refractivity contribution in [2.75, 3.05) is 30.8 Å². The second-order valence-corrected chi connectivity index (χ2v) is 17.2. The van der Waals surface area contributed by atoms with Gasteiger partial charge in [0.15, 0.2) is 0 Å². The lowest BCUT2D eigenvalue weighted by Gasteiger charge is -2.36. The fourth-order valence-electron chi connectivity index (χ4n) is 6.38. The normalized spacial score (nSPS) is 19.3. The summed E-state index contributed by atoms with van der Waals surface area (Å²) in [4.78, 5) is 2.24. The first-order valence-corrected chi connectivity index (χ1v) is 19.4. The zero-order valence-corrected chi connectivity index (χ0v) is 30.4. The van der Waals surface area contributed by atoms with Gasteiger partial charge in [-0.05, 0) is 98.0 Å². The van der Waals surface area contributed by atoms with Gasteiger partial charge in [0.05, 0.1) is 9.79 Å². The van der Waals surface area contributed by atoms with Gasteiger partial charge in [-0.3, -0.25) is 4.72 Å². The minimum Gasteiger partial charge on any atom is -0.457 e. The van der Waals surface area contributed by atoms with Crippen LogP contribution in [0.2, 0.25) is 0 Å². The lowest BCUT2D eigenvalue weighted by atomic mass is 9.83. The molecule has 2 N–H and O–H groups in total. The van der Waals surface area contributed by atoms with E-state index in [1.165, 1.54) is 4.31 Å². The molecule has 12 heteroatoms. The largest absolute Gasteiger partial charge is 0.457 e. The molecule has 4 aromatic rings. The number of fused-ring (bicyclic) bond motifs is 1. The van der Waals surface area contributed by atoms with Gasteiger partial charge in [0, 0.05) is 66.8 Å². The number of allylic oxidation sites excluding steroid dienone is 1. The Morgan fingerprint density at radius 2 is 1.54 bits per heavy atom. The van der Waals surface area contributed by atoms with Crippen molar-refractivity contribution in [3.8, 4) is 22.6 Å². The summed E-state index contributed by atoms with van der Waals surface area (Å²) in [7, 11) is -2.08. The minimum atomic E-state index is -3.82. The Kier molecular flexibility index (Phi) is 9.63. The molecule has 2 aliphatic rings. The molecule has 4 aromatic carbocycles. The molecule has 1 aliphatic carbocycles. The summed E-state index contributed by atoms with van der Waals surface area (Å²) in [5, 5.41) is 3.50. The summed E-state index contributed by atoms with van der Waals surface area (Å²) in [5.41, 5.74) is 4.12.